The van der Waals surface area contributed by atoms with Crippen LogP contribution in [0.25, 0.3) is 0 Å². The first-order valence-electron chi connectivity index (χ1n) is 8.71. The van der Waals surface area contributed by atoms with Crippen LogP contribution >= 0.6 is 35.1 Å². The molecule has 33 heavy (non-hydrogen) atoms. The Balaban J connectivity index is 2.44. The fourth-order valence-corrected chi connectivity index (χ4v) is 5.34. The van der Waals surface area contributed by atoms with E-state index >= 15 is 0 Å². The lowest BCUT2D eigenvalue weighted by Crippen LogP contribution is -2.48. The van der Waals surface area contributed by atoms with Crippen molar-refractivity contribution in [2.24, 2.45) is 0 Å². The molecule has 22 heteroatoms. The number of halogens is 2. The maximum Gasteiger partial charge on any atom is 0.490 e. The summed E-state index contributed by atoms with van der Waals surface area (Å²) in [7, 11) is -17.9. The first-order chi connectivity index (χ1) is 15.6. The van der Waals surface area contributed by atoms with E-state index in [1.165, 1.54) is 0 Å². The van der Waals surface area contributed by atoms with Crippen molar-refractivity contribution in [2.75, 3.05) is 12.3 Å². The Morgan fingerprint density at radius 1 is 1.33 bits per heavy atom. The summed E-state index contributed by atoms with van der Waals surface area (Å²) in [5.74, 6) is -0.420. The summed E-state index contributed by atoms with van der Waals surface area (Å²) in [6, 6.07) is 0. The number of ether oxygens (including phenoxy) is 1. The van der Waals surface area contributed by atoms with Crippen LogP contribution < -0.4 is 11.4 Å². The van der Waals surface area contributed by atoms with Gasteiger partial charge in [-0.2, -0.15) is 13.6 Å². The van der Waals surface area contributed by atoms with Gasteiger partial charge in [-0.05, 0) is 17.5 Å². The number of hydrogen-bond donors (Lipinski definition) is 7. The number of aliphatic hydroxyl groups is 2. The SMILES string of the molecule is [2H]C([2H])(OP(=O)(O)OP(=O)(O)OP(=O)(O)O)[C@H]1O[C@@H](n2cc(F)c(N)nc2=O)C(O)(C#CCl)[C@H]1O. The Kier molecular flexibility index (Phi) is 7.37. The molecule has 0 aromatic carbocycles. The van der Waals surface area contributed by atoms with Gasteiger partial charge in [0.2, 0.25) is 5.60 Å². The minimum Gasteiger partial charge on any atom is -0.386 e. The van der Waals surface area contributed by atoms with Gasteiger partial charge in [0.05, 0.1) is 15.5 Å². The van der Waals surface area contributed by atoms with Gasteiger partial charge in [0.25, 0.3) is 0 Å². The van der Waals surface area contributed by atoms with E-state index in [-0.39, 0.29) is 4.57 Å². The maximum atomic E-state index is 13.9. The molecule has 3 unspecified atom stereocenters. The normalized spacial score (nSPS) is 30.4. The molecule has 0 bridgehead atoms. The minimum absolute atomic E-state index is 0.178. The second kappa shape index (κ2) is 9.78. The number of rotatable bonds is 8. The Hall–Kier alpha value is -1.25. The zero-order chi connectivity index (χ0) is 27.2. The molecule has 0 amide bonds. The van der Waals surface area contributed by atoms with E-state index in [1.807, 2.05) is 0 Å². The molecule has 186 valence electrons. The number of phosphoric acid groups is 3. The van der Waals surface area contributed by atoms with Crippen LogP contribution in [0.3, 0.4) is 0 Å². The van der Waals surface area contributed by atoms with Gasteiger partial charge >= 0.3 is 29.2 Å². The highest BCUT2D eigenvalue weighted by Crippen LogP contribution is 2.66. The van der Waals surface area contributed by atoms with Gasteiger partial charge in [-0.25, -0.2) is 22.9 Å². The van der Waals surface area contributed by atoms with E-state index in [0.717, 1.165) is 0 Å². The summed E-state index contributed by atoms with van der Waals surface area (Å²) >= 11 is 5.23. The van der Waals surface area contributed by atoms with Gasteiger partial charge < -0.3 is 40.3 Å². The van der Waals surface area contributed by atoms with Gasteiger partial charge in [0.15, 0.2) is 17.9 Å². The van der Waals surface area contributed by atoms with Crippen molar-refractivity contribution in [1.29, 1.82) is 0 Å². The molecule has 1 fully saturated rings. The molecule has 2 rings (SSSR count). The molecular formula is C11H14ClFN3O14P3. The van der Waals surface area contributed by atoms with Crippen LogP contribution in [0.1, 0.15) is 8.97 Å². The minimum atomic E-state index is -6.12. The topological polar surface area (TPSA) is 270 Å². The zero-order valence-corrected chi connectivity index (χ0v) is 18.8. The number of aromatic nitrogens is 2. The van der Waals surface area contributed by atoms with E-state index < -0.39 is 71.4 Å². The summed E-state index contributed by atoms with van der Waals surface area (Å²) in [5, 5.41) is 22.8. The van der Waals surface area contributed by atoms with Gasteiger partial charge in [-0.1, -0.05) is 0 Å². The van der Waals surface area contributed by atoms with Crippen LogP contribution in [-0.2, 0) is 31.6 Å². The third kappa shape index (κ3) is 6.89. The molecule has 1 aromatic heterocycles. The largest absolute Gasteiger partial charge is 0.490 e. The van der Waals surface area contributed by atoms with E-state index in [9.17, 15) is 38.0 Å². The summed E-state index contributed by atoms with van der Waals surface area (Å²) in [4.78, 5) is 51.0. The molecule has 1 aromatic rings. The lowest BCUT2D eigenvalue weighted by molar-refractivity contribution is -0.0764. The van der Waals surface area contributed by atoms with Crippen molar-refractivity contribution in [2.45, 2.75) is 24.0 Å². The monoisotopic (exact) mass is 561 g/mol. The fraction of sp³-hybridized carbons (Fsp3) is 0.455. The second-order valence-corrected chi connectivity index (χ2v) is 10.4. The number of nitrogens with zero attached hydrogens (tertiary/aromatic N) is 2. The molecule has 1 saturated heterocycles. The van der Waals surface area contributed by atoms with Gasteiger partial charge in [0, 0.05) is 5.38 Å². The molecule has 0 saturated carbocycles. The Morgan fingerprint density at radius 2 is 1.94 bits per heavy atom. The number of aliphatic hydroxyl groups excluding tert-OH is 1. The van der Waals surface area contributed by atoms with Crippen LogP contribution in [0.15, 0.2) is 11.0 Å². The number of phosphoric ester groups is 1. The molecule has 0 aliphatic carbocycles. The summed E-state index contributed by atoms with van der Waals surface area (Å²) in [6.45, 7) is -3.79. The predicted octanol–water partition coefficient (Wildman–Crippen LogP) is -1.50. The van der Waals surface area contributed by atoms with E-state index in [2.05, 4.69) is 18.1 Å². The standard InChI is InChI=1S/C11H14ClFN3O14P3/c12-2-1-11(19)7(17)6(28-9(11)16-3-5(13)8(14)15-10(16)18)4-27-32(23,24)30-33(25,26)29-31(20,21)22/h3,6-7,9,17,19H,4H2,(H,23,24)(H,25,26)(H2,14,15,18)(H2,20,21,22)/t6-,7+,9-,11?/m1/s1/i4D2. The van der Waals surface area contributed by atoms with Crippen LogP contribution in [0.5, 0.6) is 0 Å². The average Bonchev–Trinajstić information content (AvgIpc) is 2.86. The van der Waals surface area contributed by atoms with Crippen LogP contribution in [0, 0.1) is 17.1 Å². The van der Waals surface area contributed by atoms with Crippen LogP contribution in [-0.4, -0.2) is 63.7 Å². The lowest BCUT2D eigenvalue weighted by Gasteiger charge is -2.26. The molecule has 0 radical (unpaired) electrons. The molecular weight excluding hydrogens is 546 g/mol. The number of hydrogen-bond acceptors (Lipinski definition) is 12. The van der Waals surface area contributed by atoms with Gasteiger partial charge in [-0.3, -0.25) is 9.09 Å². The van der Waals surface area contributed by atoms with Gasteiger partial charge in [-0.15, -0.1) is 0 Å². The zero-order valence-electron chi connectivity index (χ0n) is 17.3. The van der Waals surface area contributed by atoms with Crippen molar-refractivity contribution in [1.82, 2.24) is 9.55 Å². The number of nitrogen functional groups attached to an aromatic ring is 1. The third-order valence-electron chi connectivity index (χ3n) is 3.52. The summed E-state index contributed by atoms with van der Waals surface area (Å²) < 4.78 is 79.6. The molecule has 6 atom stereocenters. The first-order valence-corrected chi connectivity index (χ1v) is 12.6. The molecule has 1 aliphatic rings. The second-order valence-electron chi connectivity index (χ2n) is 5.86. The molecule has 8 N–H and O–H groups in total. The fourth-order valence-electron chi connectivity index (χ4n) is 2.32. The molecule has 2 heterocycles. The Bertz CT molecular complexity index is 1270. The highest BCUT2D eigenvalue weighted by atomic mass is 35.5. The van der Waals surface area contributed by atoms with Gasteiger partial charge in [0.1, 0.15) is 12.2 Å². The van der Waals surface area contributed by atoms with Crippen molar-refractivity contribution < 1.29 is 68.5 Å². The quantitative estimate of drug-likeness (QED) is 0.140. The maximum absolute atomic E-state index is 13.9. The third-order valence-corrected chi connectivity index (χ3v) is 7.28. The molecule has 1 aliphatic heterocycles. The van der Waals surface area contributed by atoms with Crippen molar-refractivity contribution in [3.63, 3.8) is 0 Å². The summed E-state index contributed by atoms with van der Waals surface area (Å²) in [6.07, 6.45) is -7.17. The highest BCUT2D eigenvalue weighted by Gasteiger charge is 2.57. The number of nitrogens with two attached hydrogens (primary N) is 1. The van der Waals surface area contributed by atoms with Crippen LogP contribution in [0.2, 0.25) is 0 Å². The Labute approximate surface area is 189 Å². The Morgan fingerprint density at radius 3 is 2.48 bits per heavy atom. The molecule has 0 spiro atoms. The van der Waals surface area contributed by atoms with E-state index in [0.29, 0.717) is 6.20 Å². The van der Waals surface area contributed by atoms with E-state index in [4.69, 9.17) is 39.5 Å². The lowest BCUT2D eigenvalue weighted by atomic mass is 9.95. The number of anilines is 1. The van der Waals surface area contributed by atoms with Crippen LogP contribution in [0.4, 0.5) is 10.2 Å². The van der Waals surface area contributed by atoms with Crippen molar-refractivity contribution >= 4 is 40.9 Å². The average molecular weight is 562 g/mol. The van der Waals surface area contributed by atoms with E-state index in [1.54, 1.807) is 11.3 Å². The first kappa shape index (κ1) is 24.9. The van der Waals surface area contributed by atoms with Crippen molar-refractivity contribution in [3.8, 4) is 11.3 Å². The molecule has 17 nitrogen and oxygen atoms in total. The predicted molar refractivity (Wildman–Crippen MR) is 101 cm³/mol. The summed E-state index contributed by atoms with van der Waals surface area (Å²) in [5.41, 5.74) is 0.707. The smallest absolute Gasteiger partial charge is 0.386 e. The van der Waals surface area contributed by atoms with Crippen molar-refractivity contribution in [3.05, 3.63) is 22.5 Å². The highest BCUT2D eigenvalue weighted by molar-refractivity contribution is 7.66.